The fourth-order valence-electron chi connectivity index (χ4n) is 1.54. The van der Waals surface area contributed by atoms with E-state index in [1.54, 1.807) is 6.20 Å². The van der Waals surface area contributed by atoms with E-state index >= 15 is 0 Å². The Morgan fingerprint density at radius 3 is 2.47 bits per heavy atom. The van der Waals surface area contributed by atoms with Crippen LogP contribution in [0, 0.1) is 0 Å². The molecule has 0 atom stereocenters. The van der Waals surface area contributed by atoms with E-state index < -0.39 is 0 Å². The van der Waals surface area contributed by atoms with Crippen molar-refractivity contribution in [2.45, 2.75) is 19.8 Å². The lowest BCUT2D eigenvalue weighted by Crippen LogP contribution is -2.00. The number of rotatable bonds is 2. The summed E-state index contributed by atoms with van der Waals surface area (Å²) >= 11 is 0. The van der Waals surface area contributed by atoms with Crippen molar-refractivity contribution in [3.05, 3.63) is 42.2 Å². The zero-order valence-corrected chi connectivity index (χ0v) is 8.88. The zero-order valence-electron chi connectivity index (χ0n) is 8.88. The first-order chi connectivity index (χ1) is 7.29. The largest absolute Gasteiger partial charge is 0.138 e. The second-order valence-electron chi connectivity index (χ2n) is 3.75. The van der Waals surface area contributed by atoms with E-state index in [9.17, 15) is 0 Å². The van der Waals surface area contributed by atoms with Crippen molar-refractivity contribution in [3.8, 4) is 11.1 Å². The summed E-state index contributed by atoms with van der Waals surface area (Å²) in [5, 5.41) is 11.6. The van der Waals surface area contributed by atoms with E-state index in [1.165, 1.54) is 0 Å². The number of benzene rings is 1. The number of nitrogens with zero attached hydrogens (tertiary/aromatic N) is 3. The summed E-state index contributed by atoms with van der Waals surface area (Å²) in [6.45, 7) is 4.22. The molecule has 1 aromatic carbocycles. The fraction of sp³-hybridized carbons (Fsp3) is 0.250. The van der Waals surface area contributed by atoms with Crippen molar-refractivity contribution in [3.63, 3.8) is 0 Å². The Labute approximate surface area is 89.2 Å². The Balaban J connectivity index is 2.53. The Morgan fingerprint density at radius 1 is 1.07 bits per heavy atom. The summed E-state index contributed by atoms with van der Waals surface area (Å²) in [6, 6.07) is 10.1. The average Bonchev–Trinajstić information content (AvgIpc) is 2.30. The highest BCUT2D eigenvalue weighted by atomic mass is 15.3. The molecule has 0 amide bonds. The molecule has 0 aliphatic heterocycles. The van der Waals surface area contributed by atoms with Crippen LogP contribution in [0.4, 0.5) is 0 Å². The van der Waals surface area contributed by atoms with Gasteiger partial charge in [0.15, 0.2) is 0 Å². The predicted molar refractivity (Wildman–Crippen MR) is 59.4 cm³/mol. The van der Waals surface area contributed by atoms with Gasteiger partial charge in [0, 0.05) is 5.56 Å². The monoisotopic (exact) mass is 199 g/mol. The highest BCUT2D eigenvalue weighted by molar-refractivity contribution is 5.64. The summed E-state index contributed by atoms with van der Waals surface area (Å²) in [6.07, 6.45) is 1.78. The molecule has 0 spiro atoms. The maximum Gasteiger partial charge on any atom is 0.0768 e. The van der Waals surface area contributed by atoms with Crippen molar-refractivity contribution in [2.75, 3.05) is 0 Å². The summed E-state index contributed by atoms with van der Waals surface area (Å²) in [5.74, 6) is 0.357. The SMILES string of the molecule is CC(C)c1nnncc1-c1ccccc1. The molecule has 0 aliphatic rings. The van der Waals surface area contributed by atoms with Crippen molar-refractivity contribution in [1.82, 2.24) is 15.4 Å². The van der Waals surface area contributed by atoms with Crippen LogP contribution in [0.3, 0.4) is 0 Å². The van der Waals surface area contributed by atoms with Crippen LogP contribution in [0.1, 0.15) is 25.5 Å². The van der Waals surface area contributed by atoms with Gasteiger partial charge in [0.25, 0.3) is 0 Å². The van der Waals surface area contributed by atoms with Crippen molar-refractivity contribution in [2.24, 2.45) is 0 Å². The molecule has 0 bridgehead atoms. The third kappa shape index (κ3) is 2.01. The van der Waals surface area contributed by atoms with Gasteiger partial charge in [-0.1, -0.05) is 44.2 Å². The second-order valence-corrected chi connectivity index (χ2v) is 3.75. The predicted octanol–water partition coefficient (Wildman–Crippen LogP) is 2.66. The van der Waals surface area contributed by atoms with Gasteiger partial charge in [-0.25, -0.2) is 0 Å². The van der Waals surface area contributed by atoms with Gasteiger partial charge < -0.3 is 0 Å². The molecule has 0 fully saturated rings. The van der Waals surface area contributed by atoms with Crippen LogP contribution < -0.4 is 0 Å². The van der Waals surface area contributed by atoms with Crippen molar-refractivity contribution < 1.29 is 0 Å². The molecule has 3 nitrogen and oxygen atoms in total. The third-order valence-electron chi connectivity index (χ3n) is 2.30. The Hall–Kier alpha value is -1.77. The minimum atomic E-state index is 0.357. The molecule has 76 valence electrons. The van der Waals surface area contributed by atoms with Gasteiger partial charge in [-0.05, 0) is 16.7 Å². The molecular formula is C12H13N3. The maximum absolute atomic E-state index is 4.09. The van der Waals surface area contributed by atoms with Crippen LogP contribution in [0.25, 0.3) is 11.1 Å². The molecule has 0 unspecified atom stereocenters. The molecule has 3 heteroatoms. The van der Waals surface area contributed by atoms with E-state index in [4.69, 9.17) is 0 Å². The topological polar surface area (TPSA) is 38.7 Å². The van der Waals surface area contributed by atoms with E-state index in [0.29, 0.717) is 5.92 Å². The number of hydrogen-bond donors (Lipinski definition) is 0. The van der Waals surface area contributed by atoms with Gasteiger partial charge in [-0.15, -0.1) is 10.2 Å². The van der Waals surface area contributed by atoms with Crippen LogP contribution in [-0.4, -0.2) is 15.4 Å². The van der Waals surface area contributed by atoms with Crippen LogP contribution in [0.2, 0.25) is 0 Å². The van der Waals surface area contributed by atoms with E-state index in [2.05, 4.69) is 41.4 Å². The van der Waals surface area contributed by atoms with Crippen molar-refractivity contribution in [1.29, 1.82) is 0 Å². The normalized spacial score (nSPS) is 10.6. The lowest BCUT2D eigenvalue weighted by Gasteiger charge is -2.08. The van der Waals surface area contributed by atoms with Gasteiger partial charge in [-0.3, -0.25) is 0 Å². The quantitative estimate of drug-likeness (QED) is 0.746. The highest BCUT2D eigenvalue weighted by Gasteiger charge is 2.10. The Morgan fingerprint density at radius 2 is 1.80 bits per heavy atom. The standard InChI is InChI=1S/C12H13N3/c1-9(2)12-11(8-13-15-14-12)10-6-4-3-5-7-10/h3-9H,1-2H3. The summed E-state index contributed by atoms with van der Waals surface area (Å²) < 4.78 is 0. The lowest BCUT2D eigenvalue weighted by atomic mass is 10.00. The van der Waals surface area contributed by atoms with Gasteiger partial charge >= 0.3 is 0 Å². The Bertz CT molecular complexity index is 438. The number of aromatic nitrogens is 3. The van der Waals surface area contributed by atoms with Crippen LogP contribution >= 0.6 is 0 Å². The third-order valence-corrected chi connectivity index (χ3v) is 2.30. The first-order valence-corrected chi connectivity index (χ1v) is 5.02. The average molecular weight is 199 g/mol. The summed E-state index contributed by atoms with van der Waals surface area (Å²) in [7, 11) is 0. The molecule has 0 aliphatic carbocycles. The maximum atomic E-state index is 4.09. The molecule has 0 N–H and O–H groups in total. The van der Waals surface area contributed by atoms with Gasteiger partial charge in [0.2, 0.25) is 0 Å². The van der Waals surface area contributed by atoms with Crippen LogP contribution in [0.15, 0.2) is 36.5 Å². The molecule has 0 saturated heterocycles. The highest BCUT2D eigenvalue weighted by Crippen LogP contribution is 2.25. The van der Waals surface area contributed by atoms with Gasteiger partial charge in [0.1, 0.15) is 0 Å². The molecule has 0 saturated carbocycles. The van der Waals surface area contributed by atoms with Crippen LogP contribution in [-0.2, 0) is 0 Å². The molecule has 1 aromatic heterocycles. The Kier molecular flexibility index (Phi) is 2.72. The molecule has 1 heterocycles. The summed E-state index contributed by atoms with van der Waals surface area (Å²) in [5.41, 5.74) is 3.21. The minimum absolute atomic E-state index is 0.357. The number of hydrogen-bond acceptors (Lipinski definition) is 3. The molecular weight excluding hydrogens is 186 g/mol. The van der Waals surface area contributed by atoms with E-state index in [1.807, 2.05) is 18.2 Å². The zero-order chi connectivity index (χ0) is 10.7. The van der Waals surface area contributed by atoms with Gasteiger partial charge in [-0.2, -0.15) is 0 Å². The minimum Gasteiger partial charge on any atom is -0.138 e. The molecule has 15 heavy (non-hydrogen) atoms. The van der Waals surface area contributed by atoms with Crippen LogP contribution in [0.5, 0.6) is 0 Å². The first kappa shape index (κ1) is 9.77. The smallest absolute Gasteiger partial charge is 0.0768 e. The van der Waals surface area contributed by atoms with Crippen molar-refractivity contribution >= 4 is 0 Å². The van der Waals surface area contributed by atoms with E-state index in [0.717, 1.165) is 16.8 Å². The van der Waals surface area contributed by atoms with Gasteiger partial charge in [0.05, 0.1) is 11.9 Å². The molecule has 0 radical (unpaired) electrons. The molecule has 2 aromatic rings. The second kappa shape index (κ2) is 4.17. The van der Waals surface area contributed by atoms with E-state index in [-0.39, 0.29) is 0 Å². The first-order valence-electron chi connectivity index (χ1n) is 5.02. The summed E-state index contributed by atoms with van der Waals surface area (Å²) in [4.78, 5) is 0. The molecule has 2 rings (SSSR count). The lowest BCUT2D eigenvalue weighted by molar-refractivity contribution is 0.745. The fourth-order valence-corrected chi connectivity index (χ4v) is 1.54.